The molecule has 174 valence electrons. The molecule has 1 atom stereocenters. The van der Waals surface area contributed by atoms with Crippen LogP contribution >= 0.6 is 11.3 Å². The molecule has 1 unspecified atom stereocenters. The number of aryl methyl sites for hydroxylation is 2. The van der Waals surface area contributed by atoms with Crippen LogP contribution in [0.25, 0.3) is 22.6 Å². The average molecular weight is 477 g/mol. The van der Waals surface area contributed by atoms with Crippen molar-refractivity contribution >= 4 is 28.3 Å². The van der Waals surface area contributed by atoms with E-state index >= 15 is 0 Å². The fourth-order valence-corrected chi connectivity index (χ4v) is 3.96. The van der Waals surface area contributed by atoms with Crippen LogP contribution in [-0.4, -0.2) is 40.0 Å². The van der Waals surface area contributed by atoms with Gasteiger partial charge in [0.15, 0.2) is 11.2 Å². The molecule has 0 saturated heterocycles. The van der Waals surface area contributed by atoms with Crippen LogP contribution in [0, 0.1) is 13.8 Å². The summed E-state index contributed by atoms with van der Waals surface area (Å²) in [6.07, 6.45) is -0.999. The van der Waals surface area contributed by atoms with Crippen LogP contribution in [-0.2, 0) is 9.53 Å². The number of esters is 1. The van der Waals surface area contributed by atoms with Crippen LogP contribution in [0.2, 0.25) is 0 Å². The zero-order valence-electron chi connectivity index (χ0n) is 19.2. The molecule has 2 aromatic heterocycles. The Hall–Kier alpha value is -3.98. The average Bonchev–Trinajstić information content (AvgIpc) is 3.45. The van der Waals surface area contributed by atoms with Gasteiger partial charge in [-0.05, 0) is 45.0 Å². The highest BCUT2D eigenvalue weighted by molar-refractivity contribution is 7.14. The third-order valence-corrected chi connectivity index (χ3v) is 6.05. The molecule has 0 saturated carbocycles. The van der Waals surface area contributed by atoms with E-state index < -0.39 is 18.0 Å². The van der Waals surface area contributed by atoms with Crippen LogP contribution in [0.1, 0.15) is 28.7 Å². The molecule has 2 heterocycles. The number of aromatic amines is 1. The molecule has 2 N–H and O–H groups in total. The summed E-state index contributed by atoms with van der Waals surface area (Å²) in [6.45, 7) is 5.40. The van der Waals surface area contributed by atoms with Crippen LogP contribution in [0.5, 0.6) is 5.75 Å². The Balaban J connectivity index is 1.37. The smallest absolute Gasteiger partial charge is 0.338 e. The van der Waals surface area contributed by atoms with Crippen LogP contribution < -0.4 is 10.1 Å². The number of imidazole rings is 1. The van der Waals surface area contributed by atoms with Crippen molar-refractivity contribution in [3.63, 3.8) is 0 Å². The minimum Gasteiger partial charge on any atom is -0.496 e. The van der Waals surface area contributed by atoms with Gasteiger partial charge in [0.2, 0.25) is 0 Å². The van der Waals surface area contributed by atoms with Crippen molar-refractivity contribution in [2.45, 2.75) is 26.9 Å². The number of H-pyrrole nitrogens is 1. The van der Waals surface area contributed by atoms with Gasteiger partial charge in [0.1, 0.15) is 11.6 Å². The highest BCUT2D eigenvalue weighted by Crippen LogP contribution is 2.32. The zero-order valence-corrected chi connectivity index (χ0v) is 20.0. The minimum absolute atomic E-state index is 0.344. The summed E-state index contributed by atoms with van der Waals surface area (Å²) in [4.78, 5) is 37.2. The molecule has 4 aromatic rings. The van der Waals surface area contributed by atoms with Gasteiger partial charge in [0, 0.05) is 22.2 Å². The van der Waals surface area contributed by atoms with Crippen molar-refractivity contribution in [2.24, 2.45) is 0 Å². The number of benzene rings is 2. The van der Waals surface area contributed by atoms with Crippen LogP contribution in [0.4, 0.5) is 5.13 Å². The maximum Gasteiger partial charge on any atom is 0.338 e. The van der Waals surface area contributed by atoms with Crippen molar-refractivity contribution < 1.29 is 19.1 Å². The van der Waals surface area contributed by atoms with E-state index in [-0.39, 0.29) is 0 Å². The number of hydrogen-bond acceptors (Lipinski definition) is 7. The topological polar surface area (TPSA) is 106 Å². The number of rotatable bonds is 7. The quantitative estimate of drug-likeness (QED) is 0.363. The lowest BCUT2D eigenvalue weighted by Gasteiger charge is -2.12. The van der Waals surface area contributed by atoms with Crippen LogP contribution in [0.15, 0.2) is 53.9 Å². The lowest BCUT2D eigenvalue weighted by atomic mass is 10.1. The van der Waals surface area contributed by atoms with Crippen molar-refractivity contribution in [1.82, 2.24) is 15.0 Å². The van der Waals surface area contributed by atoms with E-state index in [1.165, 1.54) is 18.3 Å². The van der Waals surface area contributed by atoms with Gasteiger partial charge in [0.05, 0.1) is 24.1 Å². The predicted octanol–water partition coefficient (Wildman–Crippen LogP) is 5.01. The molecule has 0 spiro atoms. The maximum atomic E-state index is 12.6. The normalized spacial score (nSPS) is 11.6. The van der Waals surface area contributed by atoms with Gasteiger partial charge < -0.3 is 14.5 Å². The SMILES string of the molecule is COc1ccccc1-c1csc(NC(=O)C(C)OC(=O)c2ccc(-c3nc(C)c(C)[nH]3)cc2)n1. The molecular formula is C25H24N4O4S. The summed E-state index contributed by atoms with van der Waals surface area (Å²) in [5.74, 6) is 0.372. The molecular weight excluding hydrogens is 452 g/mol. The Morgan fingerprint density at radius 1 is 1.06 bits per heavy atom. The van der Waals surface area contributed by atoms with E-state index in [0.29, 0.717) is 22.1 Å². The number of carbonyl (C=O) groups excluding carboxylic acids is 2. The number of nitrogens with zero attached hydrogens (tertiary/aromatic N) is 2. The number of para-hydroxylation sites is 1. The third kappa shape index (κ3) is 4.99. The lowest BCUT2D eigenvalue weighted by molar-refractivity contribution is -0.123. The number of methoxy groups -OCH3 is 1. The summed E-state index contributed by atoms with van der Waals surface area (Å²) >= 11 is 1.28. The molecule has 0 bridgehead atoms. The Labute approximate surface area is 201 Å². The molecule has 0 radical (unpaired) electrons. The second kappa shape index (κ2) is 9.88. The molecule has 0 aliphatic carbocycles. The number of anilines is 1. The minimum atomic E-state index is -0.999. The molecule has 0 aliphatic heterocycles. The zero-order chi connectivity index (χ0) is 24.2. The van der Waals surface area contributed by atoms with E-state index in [0.717, 1.165) is 28.3 Å². The maximum absolute atomic E-state index is 12.6. The van der Waals surface area contributed by atoms with Gasteiger partial charge >= 0.3 is 5.97 Å². The van der Waals surface area contributed by atoms with Gasteiger partial charge in [-0.1, -0.05) is 24.3 Å². The number of aromatic nitrogens is 3. The highest BCUT2D eigenvalue weighted by atomic mass is 32.1. The van der Waals surface area contributed by atoms with Gasteiger partial charge in [-0.15, -0.1) is 11.3 Å². The fourth-order valence-electron chi connectivity index (χ4n) is 3.25. The Bertz CT molecular complexity index is 1310. The summed E-state index contributed by atoms with van der Waals surface area (Å²) in [5.41, 5.74) is 4.63. The van der Waals surface area contributed by atoms with Gasteiger partial charge in [-0.25, -0.2) is 14.8 Å². The predicted molar refractivity (Wildman–Crippen MR) is 131 cm³/mol. The second-order valence-corrected chi connectivity index (χ2v) is 8.51. The first-order chi connectivity index (χ1) is 16.4. The van der Waals surface area contributed by atoms with Crippen molar-refractivity contribution in [2.75, 3.05) is 12.4 Å². The summed E-state index contributed by atoms with van der Waals surface area (Å²) in [5, 5.41) is 4.93. The van der Waals surface area contributed by atoms with Crippen molar-refractivity contribution in [1.29, 1.82) is 0 Å². The Kier molecular flexibility index (Phi) is 6.74. The number of amides is 1. The van der Waals surface area contributed by atoms with Gasteiger partial charge in [0.25, 0.3) is 5.91 Å². The third-order valence-electron chi connectivity index (χ3n) is 5.29. The molecule has 0 fully saturated rings. The van der Waals surface area contributed by atoms with Crippen LogP contribution in [0.3, 0.4) is 0 Å². The number of ether oxygens (including phenoxy) is 2. The molecule has 4 rings (SSSR count). The Morgan fingerprint density at radius 3 is 2.47 bits per heavy atom. The molecule has 2 aromatic carbocycles. The van der Waals surface area contributed by atoms with Crippen molar-refractivity contribution in [3.05, 3.63) is 70.9 Å². The molecule has 1 amide bonds. The summed E-state index contributed by atoms with van der Waals surface area (Å²) in [6, 6.07) is 14.4. The van der Waals surface area contributed by atoms with Gasteiger partial charge in [-0.2, -0.15) is 0 Å². The molecule has 9 heteroatoms. The van der Waals surface area contributed by atoms with Gasteiger partial charge in [-0.3, -0.25) is 10.1 Å². The number of thiazole rings is 1. The lowest BCUT2D eigenvalue weighted by Crippen LogP contribution is -2.29. The van der Waals surface area contributed by atoms with E-state index in [1.54, 1.807) is 31.4 Å². The molecule has 34 heavy (non-hydrogen) atoms. The number of hydrogen-bond donors (Lipinski definition) is 2. The highest BCUT2D eigenvalue weighted by Gasteiger charge is 2.21. The van der Waals surface area contributed by atoms with Crippen molar-refractivity contribution in [3.8, 4) is 28.4 Å². The first-order valence-electron chi connectivity index (χ1n) is 10.6. The standard InChI is InChI=1S/C25H24N4O4S/c1-14-15(2)27-22(26-14)17-9-11-18(12-10-17)24(31)33-16(3)23(30)29-25-28-20(13-34-25)19-7-5-6-8-21(19)32-4/h5-13,16H,1-4H3,(H,26,27)(H,28,29,30). The fraction of sp³-hybridized carbons (Fsp3) is 0.200. The van der Waals surface area contributed by atoms with E-state index in [1.807, 2.05) is 43.5 Å². The summed E-state index contributed by atoms with van der Waals surface area (Å²) in [7, 11) is 1.59. The first-order valence-corrected chi connectivity index (χ1v) is 11.5. The number of nitrogens with one attached hydrogen (secondary N) is 2. The molecule has 0 aliphatic rings. The van der Waals surface area contributed by atoms with E-state index in [2.05, 4.69) is 20.3 Å². The number of carbonyl (C=O) groups is 2. The monoisotopic (exact) mass is 476 g/mol. The largest absolute Gasteiger partial charge is 0.496 e. The van der Waals surface area contributed by atoms with E-state index in [4.69, 9.17) is 9.47 Å². The second-order valence-electron chi connectivity index (χ2n) is 7.65. The Morgan fingerprint density at radius 2 is 1.79 bits per heavy atom. The van der Waals surface area contributed by atoms with E-state index in [9.17, 15) is 9.59 Å². The summed E-state index contributed by atoms with van der Waals surface area (Å²) < 4.78 is 10.7. The first kappa shape index (κ1) is 23.2. The molecule has 8 nitrogen and oxygen atoms in total.